The molecule has 1 aromatic heterocycles. The van der Waals surface area contributed by atoms with Crippen molar-refractivity contribution in [1.82, 2.24) is 0 Å². The molecule has 4 N–H and O–H groups in total. The van der Waals surface area contributed by atoms with E-state index in [0.29, 0.717) is 0 Å². The largest absolute Gasteiger partial charge is 0.472 e. The van der Waals surface area contributed by atoms with Crippen LogP contribution in [0.3, 0.4) is 0 Å². The lowest BCUT2D eigenvalue weighted by molar-refractivity contribution is -0.471. The third kappa shape index (κ3) is 3.86. The van der Waals surface area contributed by atoms with Gasteiger partial charge in [0.25, 0.3) is 0 Å². The molecule has 7 rings (SSSR count). The Bertz CT molecular complexity index is 1760. The van der Waals surface area contributed by atoms with Gasteiger partial charge >= 0.3 is 35.8 Å². The van der Waals surface area contributed by atoms with Crippen molar-refractivity contribution < 1.29 is 82.0 Å². The number of hydrogen-bond acceptors (Lipinski definition) is 17. The lowest BCUT2D eigenvalue weighted by atomic mass is 9.32. The molecule has 1 aromatic rings. The van der Waals surface area contributed by atoms with Crippen LogP contribution in [0.15, 0.2) is 23.0 Å². The maximum Gasteiger partial charge on any atom is 0.306 e. The fraction of sp³-hybridized carbons (Fsp3) is 0.714. The molecule has 4 aliphatic carbocycles. The SMILES string of the molecule is CCC(=O)O[C@@H]1[C@@]2(O)[C@@H](OC(C)=O)[C@]3(C)C[C@@]2(O)[C@]2(COC(=O)C[C@@H]32)[C@@]2(O)[C@H](OC(C)=O)[C@H](OC(C)=O)[C@]3(C)C(CC(=O)O[C@@H]3c3ccoc3)[C@@]12O. The predicted octanol–water partition coefficient (Wildman–Crippen LogP) is -0.0683. The van der Waals surface area contributed by atoms with Crippen LogP contribution >= 0.6 is 0 Å². The van der Waals surface area contributed by atoms with Crippen LogP contribution in [0.4, 0.5) is 0 Å². The summed E-state index contributed by atoms with van der Waals surface area (Å²) in [4.78, 5) is 79.2. The van der Waals surface area contributed by atoms with E-state index in [-0.39, 0.29) is 12.0 Å². The van der Waals surface area contributed by atoms with Gasteiger partial charge in [-0.25, -0.2) is 0 Å². The highest BCUT2D eigenvalue weighted by atomic mass is 16.6. The van der Waals surface area contributed by atoms with Gasteiger partial charge in [0.15, 0.2) is 23.9 Å². The van der Waals surface area contributed by atoms with Gasteiger partial charge in [0.1, 0.15) is 35.6 Å². The lowest BCUT2D eigenvalue weighted by Crippen LogP contribution is -2.99. The third-order valence-corrected chi connectivity index (χ3v) is 13.4. The van der Waals surface area contributed by atoms with Crippen molar-refractivity contribution >= 4 is 35.8 Å². The molecule has 284 valence electrons. The Morgan fingerprint density at radius 2 is 1.44 bits per heavy atom. The number of hydrogen-bond donors (Lipinski definition) is 4. The van der Waals surface area contributed by atoms with Crippen molar-refractivity contribution in [3.63, 3.8) is 0 Å². The Labute approximate surface area is 296 Å². The fourth-order valence-electron chi connectivity index (χ4n) is 11.8. The van der Waals surface area contributed by atoms with E-state index in [9.17, 15) is 49.2 Å². The number of rotatable bonds is 6. The minimum atomic E-state index is -3.18. The van der Waals surface area contributed by atoms with Gasteiger partial charge in [0.2, 0.25) is 0 Å². The molecule has 0 aromatic carbocycles. The highest BCUT2D eigenvalue weighted by Crippen LogP contribution is 2.84. The van der Waals surface area contributed by atoms with E-state index in [1.165, 1.54) is 39.4 Å². The third-order valence-electron chi connectivity index (χ3n) is 13.4. The standard InChI is InChI=1S/C35H42O17/c1-7-21(39)52-28-33(43)20-11-23(41)51-24(18-8-9-46-12-18)30(20,6)25(48-15(2)36)26(49-16(3)37)35(33,45)31-14-47-22(40)10-19(31)29(5)13-32(31,42)34(28,44)27(29)50-17(4)38/h8-9,12,19-20,24-28,42-45H,7,10-11,13-14H2,1-6H3/t19-,20?,24+,25-,26+,27-,28-,29+,30+,31+,32+,33+,34-,35-/m0/s1. The summed E-state index contributed by atoms with van der Waals surface area (Å²) < 4.78 is 40.3. The molecule has 52 heavy (non-hydrogen) atoms. The van der Waals surface area contributed by atoms with Gasteiger partial charge in [0, 0.05) is 50.5 Å². The van der Waals surface area contributed by atoms with E-state index in [1.54, 1.807) is 0 Å². The number of furan rings is 1. The van der Waals surface area contributed by atoms with Crippen molar-refractivity contribution in [2.24, 2.45) is 28.1 Å². The highest BCUT2D eigenvalue weighted by Gasteiger charge is 3.01. The number of aliphatic hydroxyl groups is 4. The maximum absolute atomic E-state index is 13.9. The van der Waals surface area contributed by atoms with E-state index in [1.807, 2.05) is 0 Å². The van der Waals surface area contributed by atoms with Gasteiger partial charge in [-0.05, 0) is 18.4 Å². The van der Waals surface area contributed by atoms with Crippen LogP contribution < -0.4 is 0 Å². The molecule has 1 spiro atoms. The van der Waals surface area contributed by atoms with E-state index in [0.717, 1.165) is 20.8 Å². The quantitative estimate of drug-likeness (QED) is 0.220. The van der Waals surface area contributed by atoms with Crippen LogP contribution in [0.25, 0.3) is 0 Å². The van der Waals surface area contributed by atoms with Crippen LogP contribution in [0, 0.1) is 28.1 Å². The van der Waals surface area contributed by atoms with Crippen LogP contribution in [-0.2, 0) is 57.2 Å². The summed E-state index contributed by atoms with van der Waals surface area (Å²) in [6, 6.07) is 1.43. The first-order chi connectivity index (χ1) is 24.2. The van der Waals surface area contributed by atoms with Crippen molar-refractivity contribution in [3.8, 4) is 0 Å². The topological polar surface area (TPSA) is 252 Å². The first-order valence-electron chi connectivity index (χ1n) is 17.1. The molecule has 0 radical (unpaired) electrons. The van der Waals surface area contributed by atoms with Crippen molar-refractivity contribution in [2.45, 2.75) is 120 Å². The Morgan fingerprint density at radius 1 is 0.827 bits per heavy atom. The van der Waals surface area contributed by atoms with Crippen LogP contribution in [0.5, 0.6) is 0 Å². The predicted molar refractivity (Wildman–Crippen MR) is 165 cm³/mol. The molecule has 17 heteroatoms. The van der Waals surface area contributed by atoms with E-state index >= 15 is 0 Å². The van der Waals surface area contributed by atoms with Gasteiger partial charge < -0.3 is 53.3 Å². The minimum absolute atomic E-state index is 0.193. The monoisotopic (exact) mass is 734 g/mol. The number of carbonyl (C=O) groups is 6. The van der Waals surface area contributed by atoms with Crippen molar-refractivity contribution in [1.29, 1.82) is 0 Å². The summed E-state index contributed by atoms with van der Waals surface area (Å²) in [5.74, 6) is -8.79. The molecule has 0 amide bonds. The summed E-state index contributed by atoms with van der Waals surface area (Å²) in [6.07, 6.45) is -9.43. The highest BCUT2D eigenvalue weighted by molar-refractivity contribution is 5.76. The van der Waals surface area contributed by atoms with E-state index in [4.69, 9.17) is 32.8 Å². The second-order valence-electron chi connectivity index (χ2n) is 15.7. The number of fused-ring (bicyclic) bond motifs is 5. The van der Waals surface area contributed by atoms with E-state index in [2.05, 4.69) is 0 Å². The molecule has 3 heterocycles. The Balaban J connectivity index is 1.65. The van der Waals surface area contributed by atoms with E-state index < -0.39 is 143 Å². The zero-order chi connectivity index (χ0) is 38.2. The van der Waals surface area contributed by atoms with Gasteiger partial charge in [-0.3, -0.25) is 28.8 Å². The summed E-state index contributed by atoms with van der Waals surface area (Å²) in [5.41, 5.74) is -17.9. The fourth-order valence-corrected chi connectivity index (χ4v) is 11.8. The average molecular weight is 735 g/mol. The number of carbonyl (C=O) groups excluding carboxylic acids is 6. The Morgan fingerprint density at radius 3 is 2.02 bits per heavy atom. The molecule has 2 aliphatic heterocycles. The molecule has 6 fully saturated rings. The normalized spacial score (nSPS) is 48.2. The Hall–Kier alpha value is -4.06. The zero-order valence-electron chi connectivity index (χ0n) is 29.4. The van der Waals surface area contributed by atoms with Crippen LogP contribution in [0.1, 0.15) is 78.9 Å². The van der Waals surface area contributed by atoms with Gasteiger partial charge in [-0.2, -0.15) is 0 Å². The zero-order valence-corrected chi connectivity index (χ0v) is 29.4. The van der Waals surface area contributed by atoms with Crippen LogP contribution in [-0.4, -0.2) is 110 Å². The summed E-state index contributed by atoms with van der Waals surface area (Å²) in [5, 5.41) is 54.4. The number of ether oxygens (including phenoxy) is 6. The molecule has 1 unspecified atom stereocenters. The lowest BCUT2D eigenvalue weighted by Gasteiger charge is -2.78. The van der Waals surface area contributed by atoms with Gasteiger partial charge in [-0.15, -0.1) is 0 Å². The minimum Gasteiger partial charge on any atom is -0.472 e. The molecule has 14 atom stereocenters. The second kappa shape index (κ2) is 11.0. The molecular weight excluding hydrogens is 692 g/mol. The molecular formula is C35H42O17. The average Bonchev–Trinajstić information content (AvgIpc) is 3.71. The van der Waals surface area contributed by atoms with Crippen LogP contribution in [0.2, 0.25) is 0 Å². The molecule has 2 saturated heterocycles. The summed E-state index contributed by atoms with van der Waals surface area (Å²) >= 11 is 0. The molecule has 4 saturated carbocycles. The van der Waals surface area contributed by atoms with Crippen molar-refractivity contribution in [3.05, 3.63) is 24.2 Å². The summed E-state index contributed by atoms with van der Waals surface area (Å²) in [6.45, 7) is 6.50. The molecule has 17 nitrogen and oxygen atoms in total. The first-order valence-corrected chi connectivity index (χ1v) is 17.1. The first kappa shape index (κ1) is 36.3. The van der Waals surface area contributed by atoms with Crippen molar-refractivity contribution in [2.75, 3.05) is 6.61 Å². The number of cyclic esters (lactones) is 2. The van der Waals surface area contributed by atoms with Gasteiger partial charge in [0.05, 0.1) is 29.8 Å². The summed E-state index contributed by atoms with van der Waals surface area (Å²) in [7, 11) is 0. The number of esters is 6. The van der Waals surface area contributed by atoms with Gasteiger partial charge in [-0.1, -0.05) is 20.8 Å². The molecule has 6 aliphatic rings. The maximum atomic E-state index is 13.9. The molecule has 2 bridgehead atoms. The smallest absolute Gasteiger partial charge is 0.306 e. The second-order valence-corrected chi connectivity index (χ2v) is 15.7. The Kier molecular flexibility index (Phi) is 7.67.